The maximum absolute atomic E-state index is 12.5. The number of aromatic nitrogens is 1. The van der Waals surface area contributed by atoms with Gasteiger partial charge in [-0.05, 0) is 47.8 Å². The number of carbonyl (C=O) groups is 1. The van der Waals surface area contributed by atoms with E-state index in [1.807, 2.05) is 6.92 Å². The monoisotopic (exact) mass is 345 g/mol. The molecule has 1 unspecified atom stereocenters. The molecule has 1 saturated heterocycles. The van der Waals surface area contributed by atoms with Crippen LogP contribution in [0.5, 0.6) is 0 Å². The van der Waals surface area contributed by atoms with Gasteiger partial charge in [0.25, 0.3) is 0 Å². The Hall–Kier alpha value is -0.650. The van der Waals surface area contributed by atoms with Gasteiger partial charge < -0.3 is 10.6 Å². The van der Waals surface area contributed by atoms with Crippen LogP contribution >= 0.6 is 27.5 Å². The Morgan fingerprint density at radius 1 is 1.68 bits per heavy atom. The molecule has 1 aliphatic heterocycles. The van der Waals surface area contributed by atoms with Gasteiger partial charge in [0.2, 0.25) is 5.91 Å². The van der Waals surface area contributed by atoms with Crippen molar-refractivity contribution in [1.29, 1.82) is 0 Å². The van der Waals surface area contributed by atoms with E-state index in [2.05, 4.69) is 31.5 Å². The second-order valence-electron chi connectivity index (χ2n) is 4.86. The summed E-state index contributed by atoms with van der Waals surface area (Å²) < 4.78 is 0.791. The Morgan fingerprint density at radius 3 is 3.11 bits per heavy atom. The van der Waals surface area contributed by atoms with E-state index in [-0.39, 0.29) is 11.3 Å². The highest BCUT2D eigenvalue weighted by molar-refractivity contribution is 9.10. The zero-order valence-corrected chi connectivity index (χ0v) is 13.1. The largest absolute Gasteiger partial charge is 0.323 e. The quantitative estimate of drug-likeness (QED) is 0.826. The number of rotatable bonds is 3. The molecule has 0 saturated carbocycles. The molecule has 0 radical (unpaired) electrons. The summed E-state index contributed by atoms with van der Waals surface area (Å²) in [6.07, 6.45) is 4.34. The first-order valence-corrected chi connectivity index (χ1v) is 7.58. The summed E-state index contributed by atoms with van der Waals surface area (Å²) in [5, 5.41) is 6.52. The van der Waals surface area contributed by atoms with E-state index >= 15 is 0 Å². The van der Waals surface area contributed by atoms with Crippen LogP contribution in [0, 0.1) is 5.41 Å². The van der Waals surface area contributed by atoms with Crippen LogP contribution in [0.3, 0.4) is 0 Å². The standard InChI is InChI=1S/C13H17BrClN3O/c1-2-13(4-3-5-16-8-13)12(19)18-10-6-9(14)7-17-11(10)15/h6-7,16H,2-5,8H2,1H3,(H,18,19). The first-order chi connectivity index (χ1) is 9.07. The second kappa shape index (κ2) is 6.20. The van der Waals surface area contributed by atoms with Gasteiger partial charge in [0.05, 0.1) is 11.1 Å². The molecule has 2 N–H and O–H groups in total. The molecule has 1 aliphatic rings. The molecule has 2 heterocycles. The van der Waals surface area contributed by atoms with E-state index < -0.39 is 0 Å². The molecule has 1 aromatic rings. The van der Waals surface area contributed by atoms with Gasteiger partial charge in [-0.1, -0.05) is 18.5 Å². The maximum Gasteiger partial charge on any atom is 0.231 e. The molecule has 0 bridgehead atoms. The van der Waals surface area contributed by atoms with Crippen molar-refractivity contribution in [1.82, 2.24) is 10.3 Å². The van der Waals surface area contributed by atoms with E-state index in [1.54, 1.807) is 12.3 Å². The third-order valence-corrected chi connectivity index (χ3v) is 4.42. The van der Waals surface area contributed by atoms with Gasteiger partial charge in [-0.2, -0.15) is 0 Å². The van der Waals surface area contributed by atoms with Gasteiger partial charge in [-0.15, -0.1) is 0 Å². The van der Waals surface area contributed by atoms with E-state index in [9.17, 15) is 4.79 Å². The van der Waals surface area contributed by atoms with Crippen LogP contribution in [-0.2, 0) is 4.79 Å². The van der Waals surface area contributed by atoms with E-state index in [1.165, 1.54) is 0 Å². The van der Waals surface area contributed by atoms with Crippen molar-refractivity contribution in [3.05, 3.63) is 21.9 Å². The number of anilines is 1. The molecule has 104 valence electrons. The molecule has 19 heavy (non-hydrogen) atoms. The lowest BCUT2D eigenvalue weighted by Gasteiger charge is -2.35. The summed E-state index contributed by atoms with van der Waals surface area (Å²) in [5.74, 6) is 0.0176. The molecule has 0 aliphatic carbocycles. The number of piperidine rings is 1. The van der Waals surface area contributed by atoms with Gasteiger partial charge in [-0.3, -0.25) is 4.79 Å². The Morgan fingerprint density at radius 2 is 2.47 bits per heavy atom. The Bertz CT molecular complexity index is 475. The number of amides is 1. The number of hydrogen-bond acceptors (Lipinski definition) is 3. The number of hydrogen-bond donors (Lipinski definition) is 2. The van der Waals surface area contributed by atoms with Crippen LogP contribution in [0.2, 0.25) is 5.15 Å². The molecule has 4 nitrogen and oxygen atoms in total. The van der Waals surface area contributed by atoms with Gasteiger partial charge in [0.15, 0.2) is 5.15 Å². The van der Waals surface area contributed by atoms with Crippen molar-refractivity contribution in [2.45, 2.75) is 26.2 Å². The number of pyridine rings is 1. The smallest absolute Gasteiger partial charge is 0.231 e. The van der Waals surface area contributed by atoms with E-state index in [0.29, 0.717) is 17.4 Å². The highest BCUT2D eigenvalue weighted by Crippen LogP contribution is 2.33. The van der Waals surface area contributed by atoms with E-state index in [4.69, 9.17) is 11.6 Å². The molecular weight excluding hydrogens is 330 g/mol. The van der Waals surface area contributed by atoms with Gasteiger partial charge in [0.1, 0.15) is 0 Å². The molecule has 1 amide bonds. The minimum Gasteiger partial charge on any atom is -0.323 e. The zero-order valence-electron chi connectivity index (χ0n) is 10.8. The number of carbonyl (C=O) groups excluding carboxylic acids is 1. The van der Waals surface area contributed by atoms with Gasteiger partial charge in [0, 0.05) is 17.2 Å². The maximum atomic E-state index is 12.5. The van der Waals surface area contributed by atoms with Crippen molar-refractivity contribution in [3.63, 3.8) is 0 Å². The van der Waals surface area contributed by atoms with Crippen molar-refractivity contribution < 1.29 is 4.79 Å². The average Bonchev–Trinajstić information content (AvgIpc) is 2.43. The third kappa shape index (κ3) is 3.27. The van der Waals surface area contributed by atoms with E-state index in [0.717, 1.165) is 30.3 Å². The summed E-state index contributed by atoms with van der Waals surface area (Å²) in [6.45, 7) is 3.75. The van der Waals surface area contributed by atoms with Gasteiger partial charge in [-0.25, -0.2) is 4.98 Å². The highest BCUT2D eigenvalue weighted by Gasteiger charge is 2.38. The predicted molar refractivity (Wildman–Crippen MR) is 80.4 cm³/mol. The van der Waals surface area contributed by atoms with Crippen LogP contribution in [-0.4, -0.2) is 24.0 Å². The molecule has 2 rings (SSSR count). The fraction of sp³-hybridized carbons (Fsp3) is 0.538. The average molecular weight is 347 g/mol. The van der Waals surface area contributed by atoms with Crippen molar-refractivity contribution >= 4 is 39.1 Å². The normalized spacial score (nSPS) is 23.1. The van der Waals surface area contributed by atoms with Crippen LogP contribution in [0.15, 0.2) is 16.7 Å². The highest BCUT2D eigenvalue weighted by atomic mass is 79.9. The minimum atomic E-state index is -0.343. The molecule has 1 aromatic heterocycles. The first kappa shape index (κ1) is 14.8. The van der Waals surface area contributed by atoms with Crippen molar-refractivity contribution in [2.75, 3.05) is 18.4 Å². The Kier molecular flexibility index (Phi) is 4.81. The Balaban J connectivity index is 2.17. The topological polar surface area (TPSA) is 54.0 Å². The molecule has 0 spiro atoms. The molecule has 6 heteroatoms. The summed E-state index contributed by atoms with van der Waals surface area (Å²) in [7, 11) is 0. The lowest BCUT2D eigenvalue weighted by molar-refractivity contribution is -0.126. The van der Waals surface area contributed by atoms with Crippen LogP contribution in [0.4, 0.5) is 5.69 Å². The Labute approximate surface area is 126 Å². The van der Waals surface area contributed by atoms with Crippen LogP contribution < -0.4 is 10.6 Å². The predicted octanol–water partition coefficient (Wildman–Crippen LogP) is 3.22. The second-order valence-corrected chi connectivity index (χ2v) is 6.13. The van der Waals surface area contributed by atoms with Crippen LogP contribution in [0.25, 0.3) is 0 Å². The van der Waals surface area contributed by atoms with Crippen LogP contribution in [0.1, 0.15) is 26.2 Å². The number of nitrogens with one attached hydrogen (secondary N) is 2. The number of nitrogens with zero attached hydrogens (tertiary/aromatic N) is 1. The summed E-state index contributed by atoms with van der Waals surface area (Å²) >= 11 is 9.33. The zero-order chi connectivity index (χ0) is 13.9. The fourth-order valence-corrected chi connectivity index (χ4v) is 2.87. The first-order valence-electron chi connectivity index (χ1n) is 6.40. The summed E-state index contributed by atoms with van der Waals surface area (Å²) in [5.41, 5.74) is 0.212. The lowest BCUT2D eigenvalue weighted by atomic mass is 9.77. The summed E-state index contributed by atoms with van der Waals surface area (Å²) in [6, 6.07) is 1.77. The van der Waals surface area contributed by atoms with Gasteiger partial charge >= 0.3 is 0 Å². The minimum absolute atomic E-state index is 0.0176. The lowest BCUT2D eigenvalue weighted by Crippen LogP contribution is -2.47. The molecule has 1 atom stereocenters. The summed E-state index contributed by atoms with van der Waals surface area (Å²) in [4.78, 5) is 16.5. The fourth-order valence-electron chi connectivity index (χ4n) is 2.39. The molecule has 0 aromatic carbocycles. The van der Waals surface area contributed by atoms with Crippen molar-refractivity contribution in [2.24, 2.45) is 5.41 Å². The molecular formula is C13H17BrClN3O. The third-order valence-electron chi connectivity index (χ3n) is 3.68. The molecule has 1 fully saturated rings. The van der Waals surface area contributed by atoms with Crippen molar-refractivity contribution in [3.8, 4) is 0 Å². The number of halogens is 2. The SMILES string of the molecule is CCC1(C(=O)Nc2cc(Br)cnc2Cl)CCCNC1.